The van der Waals surface area contributed by atoms with Crippen molar-refractivity contribution in [3.8, 4) is 73.2 Å². The maximum Gasteiger partial charge on any atom is 0.160 e. The molecule has 4 aromatic heterocycles. The summed E-state index contributed by atoms with van der Waals surface area (Å²) in [5.74, 6) is 0.676. The van der Waals surface area contributed by atoms with Gasteiger partial charge in [-0.15, -0.1) is 0 Å². The largest absolute Gasteiger partial charge is 0.309 e. The van der Waals surface area contributed by atoms with Crippen LogP contribution in [0.3, 0.4) is 0 Å². The van der Waals surface area contributed by atoms with Gasteiger partial charge in [-0.2, -0.15) is 0 Å². The fourth-order valence-corrected chi connectivity index (χ4v) is 12.9. The van der Waals surface area contributed by atoms with E-state index in [9.17, 15) is 0 Å². The van der Waals surface area contributed by atoms with Gasteiger partial charge in [0, 0.05) is 71.5 Å². The summed E-state index contributed by atoms with van der Waals surface area (Å²) in [6, 6.07) is 95.0. The predicted octanol–water partition coefficient (Wildman–Crippen LogP) is 18.7. The van der Waals surface area contributed by atoms with E-state index in [0.717, 1.165) is 61.7 Å². The second kappa shape index (κ2) is 17.0. The molecular formula is C73H49N5. The van der Waals surface area contributed by atoms with E-state index in [1.54, 1.807) is 0 Å². The molecule has 11 aromatic carbocycles. The Bertz CT molecular complexity index is 4870. The Morgan fingerprint density at radius 2 is 0.731 bits per heavy atom. The summed E-state index contributed by atoms with van der Waals surface area (Å²) in [5, 5.41) is 7.32. The minimum absolute atomic E-state index is 0.139. The molecule has 0 unspecified atom stereocenters. The molecule has 4 heterocycles. The van der Waals surface area contributed by atoms with Crippen LogP contribution in [0.2, 0.25) is 0 Å². The number of fused-ring (bicyclic) bond motifs is 12. The lowest BCUT2D eigenvalue weighted by Crippen LogP contribution is -2.14. The van der Waals surface area contributed by atoms with Gasteiger partial charge >= 0.3 is 0 Å². The highest BCUT2D eigenvalue weighted by Crippen LogP contribution is 2.51. The van der Waals surface area contributed by atoms with Gasteiger partial charge in [0.25, 0.3) is 0 Å². The molecule has 0 saturated carbocycles. The maximum absolute atomic E-state index is 5.26. The van der Waals surface area contributed by atoms with Crippen LogP contribution in [-0.4, -0.2) is 23.7 Å². The molecule has 0 saturated heterocycles. The lowest BCUT2D eigenvalue weighted by molar-refractivity contribution is 0.661. The normalized spacial score (nSPS) is 12.8. The number of hydrogen-bond donors (Lipinski definition) is 0. The van der Waals surface area contributed by atoms with E-state index >= 15 is 0 Å². The average Bonchev–Trinajstić information content (AvgIpc) is 4.37. The zero-order valence-corrected chi connectivity index (χ0v) is 43.1. The van der Waals surface area contributed by atoms with Crippen molar-refractivity contribution < 1.29 is 0 Å². The Labute approximate surface area is 451 Å². The average molecular weight is 996 g/mol. The Balaban J connectivity index is 0.917. The van der Waals surface area contributed by atoms with E-state index in [0.29, 0.717) is 5.82 Å². The quantitative estimate of drug-likeness (QED) is 0.160. The molecule has 0 spiro atoms. The molecule has 5 heteroatoms. The van der Waals surface area contributed by atoms with E-state index < -0.39 is 0 Å². The molecular weight excluding hydrogens is 947 g/mol. The number of rotatable bonds is 7. The Hall–Kier alpha value is -10.1. The second-order valence-electron chi connectivity index (χ2n) is 21.4. The van der Waals surface area contributed by atoms with Crippen LogP contribution in [0.1, 0.15) is 25.0 Å². The smallest absolute Gasteiger partial charge is 0.160 e. The van der Waals surface area contributed by atoms with Crippen LogP contribution >= 0.6 is 0 Å². The highest BCUT2D eigenvalue weighted by atomic mass is 15.0. The number of nitrogens with zero attached hydrogens (tertiary/aromatic N) is 5. The molecule has 78 heavy (non-hydrogen) atoms. The van der Waals surface area contributed by atoms with Crippen molar-refractivity contribution in [3.63, 3.8) is 0 Å². The Kier molecular flexibility index (Phi) is 9.61. The Morgan fingerprint density at radius 1 is 0.269 bits per heavy atom. The topological polar surface area (TPSA) is 40.6 Å². The molecule has 0 N–H and O–H groups in total. The molecule has 0 fully saturated rings. The highest BCUT2D eigenvalue weighted by Gasteiger charge is 2.36. The lowest BCUT2D eigenvalue weighted by atomic mass is 9.82. The summed E-state index contributed by atoms with van der Waals surface area (Å²) in [6.45, 7) is 4.74. The molecule has 0 aliphatic heterocycles. The van der Waals surface area contributed by atoms with E-state index in [1.165, 1.54) is 82.2 Å². The second-order valence-corrected chi connectivity index (χ2v) is 21.4. The number of benzene rings is 11. The molecule has 5 nitrogen and oxygen atoms in total. The molecule has 0 amide bonds. The van der Waals surface area contributed by atoms with Crippen molar-refractivity contribution in [3.05, 3.63) is 272 Å². The number of para-hydroxylation sites is 3. The summed E-state index contributed by atoms with van der Waals surface area (Å²) < 4.78 is 7.31. The zero-order valence-electron chi connectivity index (χ0n) is 43.1. The van der Waals surface area contributed by atoms with E-state index in [4.69, 9.17) is 9.97 Å². The molecule has 16 rings (SSSR count). The highest BCUT2D eigenvalue weighted by molar-refractivity contribution is 6.15. The van der Waals surface area contributed by atoms with Gasteiger partial charge in [-0.1, -0.05) is 178 Å². The van der Waals surface area contributed by atoms with Gasteiger partial charge in [0.2, 0.25) is 0 Å². The van der Waals surface area contributed by atoms with Crippen molar-refractivity contribution in [2.75, 3.05) is 0 Å². The summed E-state index contributed by atoms with van der Waals surface area (Å²) in [4.78, 5) is 10.5. The van der Waals surface area contributed by atoms with Gasteiger partial charge < -0.3 is 13.7 Å². The Morgan fingerprint density at radius 3 is 1.38 bits per heavy atom. The lowest BCUT2D eigenvalue weighted by Gasteiger charge is -2.21. The van der Waals surface area contributed by atoms with Crippen LogP contribution in [0.25, 0.3) is 139 Å². The maximum atomic E-state index is 5.26. The minimum atomic E-state index is -0.139. The van der Waals surface area contributed by atoms with Gasteiger partial charge in [-0.3, -0.25) is 0 Å². The predicted molar refractivity (Wildman–Crippen MR) is 324 cm³/mol. The van der Waals surface area contributed by atoms with Crippen molar-refractivity contribution in [2.24, 2.45) is 0 Å². The molecule has 15 aromatic rings. The molecule has 0 bridgehead atoms. The van der Waals surface area contributed by atoms with Crippen molar-refractivity contribution >= 4 is 65.4 Å². The molecule has 1 aliphatic carbocycles. The first-order valence-electron chi connectivity index (χ1n) is 26.9. The summed E-state index contributed by atoms with van der Waals surface area (Å²) in [6.07, 6.45) is 0. The SMILES string of the molecule is CC1(C)c2ccccc2-c2cc3c4ccccc4n(-c4ccc5c(c4)c4cc(-c6ccc7c(c6)c6ccccc6n7-c6ccccc6)ccc4n5-c4cccc(-c5nc(-c6ccccc6)cc(-c6ccccc6)n5)c4)c3cc21. The van der Waals surface area contributed by atoms with Gasteiger partial charge in [-0.05, 0) is 130 Å². The zero-order chi connectivity index (χ0) is 51.6. The molecule has 1 aliphatic rings. The number of aromatic nitrogens is 5. The third-order valence-corrected chi connectivity index (χ3v) is 16.6. The van der Waals surface area contributed by atoms with Gasteiger partial charge in [0.1, 0.15) is 0 Å². The van der Waals surface area contributed by atoms with Crippen LogP contribution in [0, 0.1) is 0 Å². The van der Waals surface area contributed by atoms with Crippen molar-refractivity contribution in [2.45, 2.75) is 19.3 Å². The van der Waals surface area contributed by atoms with Gasteiger partial charge in [-0.25, -0.2) is 9.97 Å². The molecule has 0 radical (unpaired) electrons. The first-order chi connectivity index (χ1) is 38.4. The van der Waals surface area contributed by atoms with Gasteiger partial charge in [0.15, 0.2) is 5.82 Å². The van der Waals surface area contributed by atoms with E-state index in [1.807, 2.05) is 12.1 Å². The van der Waals surface area contributed by atoms with Crippen molar-refractivity contribution in [1.82, 2.24) is 23.7 Å². The van der Waals surface area contributed by atoms with Crippen LogP contribution in [0.5, 0.6) is 0 Å². The van der Waals surface area contributed by atoms with E-state index in [2.05, 4.69) is 276 Å². The first kappa shape index (κ1) is 44.2. The monoisotopic (exact) mass is 995 g/mol. The molecule has 0 atom stereocenters. The standard InChI is InChI=1S/C73H49N5/c1-73(2)62-30-15-12-27-54(62)57-43-61-56-29-14-17-32-67(56)78(71(61)44-63(57)73)53-35-38-70-60(42-53)59-41-49(48-33-36-68-58(40-48)55-28-13-16-31-66(55)76(68)51-24-10-5-11-25-51)34-37-69(59)77(70)52-26-18-23-50(39-52)72-74-64(46-19-6-3-7-20-46)45-65(75-72)47-21-8-4-9-22-47/h3-45H,1-2H3. The third kappa shape index (κ3) is 6.68. The van der Waals surface area contributed by atoms with Crippen molar-refractivity contribution in [1.29, 1.82) is 0 Å². The number of hydrogen-bond acceptors (Lipinski definition) is 2. The van der Waals surface area contributed by atoms with E-state index in [-0.39, 0.29) is 5.41 Å². The fourth-order valence-electron chi connectivity index (χ4n) is 12.9. The van der Waals surface area contributed by atoms with Crippen LogP contribution in [0.4, 0.5) is 0 Å². The van der Waals surface area contributed by atoms with Crippen LogP contribution in [-0.2, 0) is 5.41 Å². The van der Waals surface area contributed by atoms with Crippen LogP contribution < -0.4 is 0 Å². The minimum Gasteiger partial charge on any atom is -0.309 e. The summed E-state index contributed by atoms with van der Waals surface area (Å²) in [5.41, 5.74) is 22.7. The first-order valence-corrected chi connectivity index (χ1v) is 26.9. The van der Waals surface area contributed by atoms with Crippen LogP contribution in [0.15, 0.2) is 261 Å². The summed E-state index contributed by atoms with van der Waals surface area (Å²) >= 11 is 0. The fraction of sp³-hybridized carbons (Fsp3) is 0.0411. The third-order valence-electron chi connectivity index (χ3n) is 16.6. The van der Waals surface area contributed by atoms with Gasteiger partial charge in [0.05, 0.1) is 44.5 Å². The molecule has 366 valence electrons. The summed E-state index contributed by atoms with van der Waals surface area (Å²) in [7, 11) is 0.